The van der Waals surface area contributed by atoms with E-state index in [1.807, 2.05) is 0 Å². The van der Waals surface area contributed by atoms with Gasteiger partial charge >= 0.3 is 0 Å². The van der Waals surface area contributed by atoms with Gasteiger partial charge in [-0.3, -0.25) is 4.79 Å². The molecule has 0 aliphatic rings. The average Bonchev–Trinajstić information content (AvgIpc) is 2.69. The first kappa shape index (κ1) is 18.2. The van der Waals surface area contributed by atoms with E-state index in [0.29, 0.717) is 11.4 Å². The normalized spacial score (nSPS) is 10.4. The van der Waals surface area contributed by atoms with Crippen molar-refractivity contribution >= 4 is 23.1 Å². The van der Waals surface area contributed by atoms with Crippen molar-refractivity contribution in [2.75, 3.05) is 17.7 Å². The Morgan fingerprint density at radius 1 is 0.963 bits per heavy atom. The fourth-order valence-electron chi connectivity index (χ4n) is 2.24. The summed E-state index contributed by atoms with van der Waals surface area (Å²) in [7, 11) is 1.54. The summed E-state index contributed by atoms with van der Waals surface area (Å²) in [5.41, 5.74) is 0.575. The van der Waals surface area contributed by atoms with Gasteiger partial charge in [0, 0.05) is 11.9 Å². The Hall–Kier alpha value is -3.55. The van der Waals surface area contributed by atoms with Crippen LogP contribution in [0.4, 0.5) is 30.4 Å². The molecule has 0 spiro atoms. The molecule has 2 aromatic carbocycles. The number of benzene rings is 2. The number of pyridine rings is 1. The maximum absolute atomic E-state index is 13.7. The van der Waals surface area contributed by atoms with Gasteiger partial charge in [0.2, 0.25) is 0 Å². The minimum atomic E-state index is -1.57. The SMILES string of the molecule is COc1ccc(NC(=O)c2ccc(Nc3ccc(F)c(F)c3F)nc2)cc1. The molecule has 3 aromatic rings. The second-order valence-electron chi connectivity index (χ2n) is 5.46. The minimum Gasteiger partial charge on any atom is -0.497 e. The van der Waals surface area contributed by atoms with Crippen LogP contribution in [0.15, 0.2) is 54.7 Å². The Labute approximate surface area is 152 Å². The number of hydrogen-bond donors (Lipinski definition) is 2. The van der Waals surface area contributed by atoms with Crippen LogP contribution in [-0.2, 0) is 0 Å². The van der Waals surface area contributed by atoms with Crippen LogP contribution in [0.2, 0.25) is 0 Å². The second kappa shape index (κ2) is 7.77. The zero-order chi connectivity index (χ0) is 19.4. The smallest absolute Gasteiger partial charge is 0.257 e. The van der Waals surface area contributed by atoms with Gasteiger partial charge < -0.3 is 15.4 Å². The zero-order valence-electron chi connectivity index (χ0n) is 14.1. The maximum Gasteiger partial charge on any atom is 0.257 e. The molecule has 0 unspecified atom stereocenters. The Bertz CT molecular complexity index is 961. The van der Waals surface area contributed by atoms with Crippen LogP contribution in [0.1, 0.15) is 10.4 Å². The topological polar surface area (TPSA) is 63.2 Å². The molecule has 3 rings (SSSR count). The van der Waals surface area contributed by atoms with Crippen molar-refractivity contribution in [2.24, 2.45) is 0 Å². The highest BCUT2D eigenvalue weighted by Crippen LogP contribution is 2.23. The van der Waals surface area contributed by atoms with Crippen molar-refractivity contribution < 1.29 is 22.7 Å². The van der Waals surface area contributed by atoms with Crippen molar-refractivity contribution in [3.8, 4) is 5.75 Å². The fourth-order valence-corrected chi connectivity index (χ4v) is 2.24. The van der Waals surface area contributed by atoms with E-state index in [1.54, 1.807) is 31.4 Å². The number of carbonyl (C=O) groups excluding carboxylic acids is 1. The molecule has 138 valence electrons. The molecule has 0 aliphatic heterocycles. The number of carbonyl (C=O) groups is 1. The van der Waals surface area contributed by atoms with E-state index in [1.165, 1.54) is 18.3 Å². The molecule has 0 saturated heterocycles. The first-order valence-corrected chi connectivity index (χ1v) is 7.80. The summed E-state index contributed by atoms with van der Waals surface area (Å²) in [5.74, 6) is -3.76. The first-order chi connectivity index (χ1) is 13.0. The number of rotatable bonds is 5. The van der Waals surface area contributed by atoms with Crippen LogP contribution in [-0.4, -0.2) is 18.0 Å². The number of nitrogens with one attached hydrogen (secondary N) is 2. The van der Waals surface area contributed by atoms with Crippen molar-refractivity contribution in [3.05, 3.63) is 77.7 Å². The first-order valence-electron chi connectivity index (χ1n) is 7.80. The average molecular weight is 373 g/mol. The van der Waals surface area contributed by atoms with Gasteiger partial charge in [0.1, 0.15) is 11.6 Å². The minimum absolute atomic E-state index is 0.168. The number of hydrogen-bond acceptors (Lipinski definition) is 4. The molecule has 0 radical (unpaired) electrons. The third kappa shape index (κ3) is 4.17. The summed E-state index contributed by atoms with van der Waals surface area (Å²) in [6, 6.07) is 11.5. The molecule has 0 fully saturated rings. The van der Waals surface area contributed by atoms with Crippen LogP contribution in [0.25, 0.3) is 0 Å². The molecular formula is C19H14F3N3O2. The Kier molecular flexibility index (Phi) is 5.25. The van der Waals surface area contributed by atoms with Crippen molar-refractivity contribution in [3.63, 3.8) is 0 Å². The Morgan fingerprint density at radius 3 is 2.33 bits per heavy atom. The van der Waals surface area contributed by atoms with E-state index in [-0.39, 0.29) is 17.1 Å². The number of ether oxygens (including phenoxy) is 1. The third-order valence-corrected chi connectivity index (χ3v) is 3.67. The van der Waals surface area contributed by atoms with Crippen molar-refractivity contribution in [1.82, 2.24) is 4.98 Å². The fraction of sp³-hybridized carbons (Fsp3) is 0.0526. The standard InChI is InChI=1S/C19H14F3N3O2/c1-27-13-5-3-12(4-6-13)24-19(26)11-2-9-16(23-10-11)25-15-8-7-14(20)17(21)18(15)22/h2-10H,1H3,(H,23,25)(H,24,26). The molecule has 1 aromatic heterocycles. The van der Waals surface area contributed by atoms with Crippen molar-refractivity contribution in [2.45, 2.75) is 0 Å². The highest BCUT2D eigenvalue weighted by atomic mass is 19.2. The van der Waals surface area contributed by atoms with E-state index in [0.717, 1.165) is 12.1 Å². The lowest BCUT2D eigenvalue weighted by Crippen LogP contribution is -2.12. The molecule has 27 heavy (non-hydrogen) atoms. The lowest BCUT2D eigenvalue weighted by atomic mass is 10.2. The predicted molar refractivity (Wildman–Crippen MR) is 94.8 cm³/mol. The number of methoxy groups -OCH3 is 1. The van der Waals surface area contributed by atoms with Crippen LogP contribution < -0.4 is 15.4 Å². The molecule has 1 amide bonds. The lowest BCUT2D eigenvalue weighted by Gasteiger charge is -2.09. The quantitative estimate of drug-likeness (QED) is 0.647. The lowest BCUT2D eigenvalue weighted by molar-refractivity contribution is 0.102. The molecule has 2 N–H and O–H groups in total. The summed E-state index contributed by atoms with van der Waals surface area (Å²) < 4.78 is 44.9. The highest BCUT2D eigenvalue weighted by Gasteiger charge is 2.14. The van der Waals surface area contributed by atoms with Crippen LogP contribution >= 0.6 is 0 Å². The van der Waals surface area contributed by atoms with Gasteiger partial charge in [-0.15, -0.1) is 0 Å². The van der Waals surface area contributed by atoms with Crippen LogP contribution in [0.3, 0.4) is 0 Å². The number of amides is 1. The van der Waals surface area contributed by atoms with Gasteiger partial charge in [0.15, 0.2) is 17.5 Å². The Balaban J connectivity index is 1.69. The highest BCUT2D eigenvalue weighted by molar-refractivity contribution is 6.04. The van der Waals surface area contributed by atoms with E-state index < -0.39 is 23.4 Å². The van der Waals surface area contributed by atoms with E-state index in [9.17, 15) is 18.0 Å². The molecule has 0 saturated carbocycles. The summed E-state index contributed by atoms with van der Waals surface area (Å²) in [5, 5.41) is 5.23. The van der Waals surface area contributed by atoms with Gasteiger partial charge in [0.25, 0.3) is 5.91 Å². The third-order valence-electron chi connectivity index (χ3n) is 3.67. The van der Waals surface area contributed by atoms with Gasteiger partial charge in [-0.25, -0.2) is 18.2 Å². The number of nitrogens with zero attached hydrogens (tertiary/aromatic N) is 1. The van der Waals surface area contributed by atoms with Crippen LogP contribution in [0.5, 0.6) is 5.75 Å². The van der Waals surface area contributed by atoms with Gasteiger partial charge in [-0.05, 0) is 48.5 Å². The number of aromatic nitrogens is 1. The molecular weight excluding hydrogens is 359 g/mol. The van der Waals surface area contributed by atoms with E-state index >= 15 is 0 Å². The molecule has 0 aliphatic carbocycles. The maximum atomic E-state index is 13.7. The summed E-state index contributed by atoms with van der Waals surface area (Å²) >= 11 is 0. The zero-order valence-corrected chi connectivity index (χ0v) is 14.1. The van der Waals surface area contributed by atoms with E-state index in [4.69, 9.17) is 4.74 Å². The summed E-state index contributed by atoms with van der Waals surface area (Å²) in [6.45, 7) is 0. The second-order valence-corrected chi connectivity index (χ2v) is 5.46. The molecule has 0 atom stereocenters. The van der Waals surface area contributed by atoms with Gasteiger partial charge in [0.05, 0.1) is 18.4 Å². The predicted octanol–water partition coefficient (Wildman–Crippen LogP) is 4.50. The largest absolute Gasteiger partial charge is 0.497 e. The number of anilines is 3. The monoisotopic (exact) mass is 373 g/mol. The molecule has 8 heteroatoms. The van der Waals surface area contributed by atoms with Gasteiger partial charge in [-0.1, -0.05) is 0 Å². The summed E-state index contributed by atoms with van der Waals surface area (Å²) in [6.07, 6.45) is 1.28. The van der Waals surface area contributed by atoms with Gasteiger partial charge in [-0.2, -0.15) is 0 Å². The molecule has 5 nitrogen and oxygen atoms in total. The van der Waals surface area contributed by atoms with E-state index in [2.05, 4.69) is 15.6 Å². The Morgan fingerprint density at radius 2 is 1.70 bits per heavy atom. The summed E-state index contributed by atoms with van der Waals surface area (Å²) in [4.78, 5) is 16.2. The van der Waals surface area contributed by atoms with Crippen molar-refractivity contribution in [1.29, 1.82) is 0 Å². The molecule has 1 heterocycles. The molecule has 0 bridgehead atoms. The number of halogens is 3. The van der Waals surface area contributed by atoms with Crippen LogP contribution in [0, 0.1) is 17.5 Å².